The number of imidazole rings is 1. The first kappa shape index (κ1) is 26.6. The minimum absolute atomic E-state index is 0.0776. The van der Waals surface area contributed by atoms with Crippen LogP contribution in [0.2, 0.25) is 5.02 Å². The topological polar surface area (TPSA) is 50.2 Å². The number of nitrogens with zero attached hydrogens (tertiary/aromatic N) is 3. The van der Waals surface area contributed by atoms with Crippen LogP contribution < -0.4 is 10.2 Å². The molecule has 1 saturated heterocycles. The number of aryl methyl sites for hydroxylation is 1. The number of hydrogen-bond acceptors (Lipinski definition) is 3. The summed E-state index contributed by atoms with van der Waals surface area (Å²) in [5.74, 6) is -3.77. The fourth-order valence-electron chi connectivity index (χ4n) is 4.89. The Morgan fingerprint density at radius 2 is 1.79 bits per heavy atom. The number of rotatable bonds is 6. The van der Waals surface area contributed by atoms with Gasteiger partial charge < -0.3 is 14.8 Å². The standard InChI is InChI=1S/C26H25ClF6N4O/c1-36-21-13-20(37-8-6-25(29,30)7-9-37)17(27)12-19(21)35-22(36)11-16-10-15(2-3-18(16)28)14-34-23(38)24(4-5-24)26(31,32)33/h2-3,10,12-13H,4-9,11,14H2,1H3,(H,34,38). The summed E-state index contributed by atoms with van der Waals surface area (Å²) in [7, 11) is 1.75. The van der Waals surface area contributed by atoms with Crippen molar-refractivity contribution < 1.29 is 31.1 Å². The molecule has 204 valence electrons. The van der Waals surface area contributed by atoms with Gasteiger partial charge in [-0.05, 0) is 42.2 Å². The van der Waals surface area contributed by atoms with Gasteiger partial charge in [0.15, 0.2) is 0 Å². The van der Waals surface area contributed by atoms with Gasteiger partial charge in [-0.2, -0.15) is 13.2 Å². The van der Waals surface area contributed by atoms with Crippen LogP contribution in [0.3, 0.4) is 0 Å². The van der Waals surface area contributed by atoms with E-state index in [2.05, 4.69) is 10.3 Å². The van der Waals surface area contributed by atoms with E-state index in [0.29, 0.717) is 33.1 Å². The predicted octanol–water partition coefficient (Wildman–Crippen LogP) is 6.15. The molecule has 0 radical (unpaired) electrons. The van der Waals surface area contributed by atoms with Gasteiger partial charge >= 0.3 is 6.18 Å². The summed E-state index contributed by atoms with van der Waals surface area (Å²) < 4.78 is 83.2. The maximum atomic E-state index is 14.7. The summed E-state index contributed by atoms with van der Waals surface area (Å²) >= 11 is 6.46. The Bertz CT molecular complexity index is 1390. The number of anilines is 1. The first-order valence-electron chi connectivity index (χ1n) is 12.2. The lowest BCUT2D eigenvalue weighted by atomic mass is 10.0. The molecule has 2 heterocycles. The predicted molar refractivity (Wildman–Crippen MR) is 131 cm³/mol. The molecule has 0 unspecified atom stereocenters. The van der Waals surface area contributed by atoms with E-state index in [9.17, 15) is 31.1 Å². The third-order valence-electron chi connectivity index (χ3n) is 7.52. The number of carbonyl (C=O) groups excluding carboxylic acids is 1. The lowest BCUT2D eigenvalue weighted by molar-refractivity contribution is -0.192. The molecule has 0 spiro atoms. The van der Waals surface area contributed by atoms with Crippen molar-refractivity contribution in [2.24, 2.45) is 12.5 Å². The Hall–Kier alpha value is -2.95. The van der Waals surface area contributed by atoms with Gasteiger partial charge in [0, 0.05) is 45.9 Å². The molecule has 12 heteroatoms. The molecule has 1 aromatic heterocycles. The highest BCUT2D eigenvalue weighted by molar-refractivity contribution is 6.34. The molecular formula is C26H25ClF6N4O. The molecule has 3 aromatic rings. The fraction of sp³-hybridized carbons (Fsp3) is 0.462. The number of aromatic nitrogens is 2. The zero-order chi connectivity index (χ0) is 27.5. The molecule has 38 heavy (non-hydrogen) atoms. The molecule has 0 bridgehead atoms. The highest BCUT2D eigenvalue weighted by Gasteiger charge is 2.68. The number of fused-ring (bicyclic) bond motifs is 1. The SMILES string of the molecule is Cn1c(Cc2cc(CNC(=O)C3(C(F)(F)F)CC3)ccc2F)nc2cc(Cl)c(N3CCC(F)(F)CC3)cc21. The van der Waals surface area contributed by atoms with E-state index in [0.717, 1.165) is 0 Å². The number of alkyl halides is 5. The van der Waals surface area contributed by atoms with Gasteiger partial charge in [-0.15, -0.1) is 0 Å². The lowest BCUT2D eigenvalue weighted by Gasteiger charge is -2.33. The molecule has 0 atom stereocenters. The van der Waals surface area contributed by atoms with Crippen LogP contribution in [0.15, 0.2) is 30.3 Å². The minimum Gasteiger partial charge on any atom is -0.370 e. The molecule has 1 aliphatic carbocycles. The van der Waals surface area contributed by atoms with E-state index in [-0.39, 0.29) is 57.3 Å². The van der Waals surface area contributed by atoms with Crippen molar-refractivity contribution in [1.29, 1.82) is 0 Å². The van der Waals surface area contributed by atoms with Gasteiger partial charge in [-0.3, -0.25) is 4.79 Å². The number of nitrogens with one attached hydrogen (secondary N) is 1. The Morgan fingerprint density at radius 1 is 1.11 bits per heavy atom. The van der Waals surface area contributed by atoms with Crippen molar-refractivity contribution in [2.45, 2.75) is 50.7 Å². The average Bonchev–Trinajstić information content (AvgIpc) is 3.61. The summed E-state index contributed by atoms with van der Waals surface area (Å²) in [5.41, 5.74) is 0.278. The largest absolute Gasteiger partial charge is 0.403 e. The third kappa shape index (κ3) is 4.92. The number of benzene rings is 2. The molecule has 5 nitrogen and oxygen atoms in total. The first-order chi connectivity index (χ1) is 17.8. The van der Waals surface area contributed by atoms with E-state index in [1.165, 1.54) is 18.2 Å². The van der Waals surface area contributed by atoms with Crippen LogP contribution in [0.1, 0.15) is 42.6 Å². The smallest absolute Gasteiger partial charge is 0.370 e. The molecule has 5 rings (SSSR count). The van der Waals surface area contributed by atoms with Crippen LogP contribution in [0.4, 0.5) is 32.0 Å². The zero-order valence-electron chi connectivity index (χ0n) is 20.4. The van der Waals surface area contributed by atoms with Gasteiger partial charge in [-0.1, -0.05) is 23.7 Å². The third-order valence-corrected chi connectivity index (χ3v) is 7.82. The van der Waals surface area contributed by atoms with Crippen molar-refractivity contribution in [3.8, 4) is 0 Å². The van der Waals surface area contributed by atoms with Crippen molar-refractivity contribution >= 4 is 34.2 Å². The van der Waals surface area contributed by atoms with Crippen LogP contribution >= 0.6 is 11.6 Å². The molecule has 1 aliphatic heterocycles. The van der Waals surface area contributed by atoms with E-state index < -0.39 is 29.2 Å². The van der Waals surface area contributed by atoms with Crippen molar-refractivity contribution in [2.75, 3.05) is 18.0 Å². The highest BCUT2D eigenvalue weighted by Crippen LogP contribution is 2.57. The molecule has 2 aromatic carbocycles. The number of piperidine rings is 1. The molecule has 1 saturated carbocycles. The second kappa shape index (κ2) is 9.36. The van der Waals surface area contributed by atoms with Crippen LogP contribution in [0.25, 0.3) is 11.0 Å². The maximum absolute atomic E-state index is 14.7. The summed E-state index contributed by atoms with van der Waals surface area (Å²) in [6.45, 7) is 0.170. The molecule has 2 aliphatic rings. The van der Waals surface area contributed by atoms with Gasteiger partial charge in [0.1, 0.15) is 17.1 Å². The second-order valence-corrected chi connectivity index (χ2v) is 10.5. The quantitative estimate of drug-likeness (QED) is 0.369. The van der Waals surface area contributed by atoms with Crippen molar-refractivity contribution in [1.82, 2.24) is 14.9 Å². The van der Waals surface area contributed by atoms with E-state index in [1.54, 1.807) is 23.7 Å². The Morgan fingerprint density at radius 3 is 2.42 bits per heavy atom. The molecule has 1 amide bonds. The molecule has 2 fully saturated rings. The second-order valence-electron chi connectivity index (χ2n) is 10.1. The van der Waals surface area contributed by atoms with Gasteiger partial charge in [0.2, 0.25) is 5.91 Å². The summed E-state index contributed by atoms with van der Waals surface area (Å²) in [6, 6.07) is 7.55. The number of amides is 1. The van der Waals surface area contributed by atoms with E-state index in [4.69, 9.17) is 11.6 Å². The summed E-state index contributed by atoms with van der Waals surface area (Å²) in [4.78, 5) is 18.5. The van der Waals surface area contributed by atoms with E-state index in [1.807, 2.05) is 4.90 Å². The summed E-state index contributed by atoms with van der Waals surface area (Å²) in [5, 5.41) is 2.71. The molecule has 1 N–H and O–H groups in total. The highest BCUT2D eigenvalue weighted by atomic mass is 35.5. The fourth-order valence-corrected chi connectivity index (χ4v) is 5.16. The van der Waals surface area contributed by atoms with Gasteiger partial charge in [0.05, 0.1) is 21.7 Å². The minimum atomic E-state index is -4.60. The van der Waals surface area contributed by atoms with Crippen LogP contribution in [0, 0.1) is 11.2 Å². The Balaban J connectivity index is 1.34. The zero-order valence-corrected chi connectivity index (χ0v) is 21.2. The first-order valence-corrected chi connectivity index (χ1v) is 12.6. The molecular weight excluding hydrogens is 534 g/mol. The maximum Gasteiger partial charge on any atom is 0.403 e. The van der Waals surface area contributed by atoms with Gasteiger partial charge in [0.25, 0.3) is 5.92 Å². The lowest BCUT2D eigenvalue weighted by Crippen LogP contribution is -2.40. The average molecular weight is 559 g/mol. The summed E-state index contributed by atoms with van der Waals surface area (Å²) in [6.07, 6.45) is -5.52. The van der Waals surface area contributed by atoms with Crippen LogP contribution in [0.5, 0.6) is 0 Å². The van der Waals surface area contributed by atoms with Crippen molar-refractivity contribution in [3.63, 3.8) is 0 Å². The normalized spacial score (nSPS) is 18.6. The number of halogens is 7. The van der Waals surface area contributed by atoms with E-state index >= 15 is 0 Å². The Kier molecular flexibility index (Phi) is 6.56. The monoisotopic (exact) mass is 558 g/mol. The van der Waals surface area contributed by atoms with Crippen LogP contribution in [-0.2, 0) is 24.8 Å². The number of hydrogen-bond donors (Lipinski definition) is 1. The van der Waals surface area contributed by atoms with Crippen molar-refractivity contribution in [3.05, 3.63) is 58.1 Å². The van der Waals surface area contributed by atoms with Gasteiger partial charge in [-0.25, -0.2) is 18.2 Å². The number of carbonyl (C=O) groups is 1. The van der Waals surface area contributed by atoms with Crippen LogP contribution in [-0.4, -0.2) is 40.6 Å². The Labute approximate surface area is 219 Å².